The predicted octanol–water partition coefficient (Wildman–Crippen LogP) is 2.39. The minimum absolute atomic E-state index is 0.0122. The molecule has 5 heteroatoms. The number of ether oxygens (including phenoxy) is 2. The largest absolute Gasteiger partial charge is 0.497 e. The molecule has 1 aromatic carbocycles. The predicted molar refractivity (Wildman–Crippen MR) is 82.4 cm³/mol. The maximum Gasteiger partial charge on any atom is 0.332 e. The van der Waals surface area contributed by atoms with E-state index in [4.69, 9.17) is 9.47 Å². The van der Waals surface area contributed by atoms with E-state index in [2.05, 4.69) is 0 Å². The van der Waals surface area contributed by atoms with Crippen LogP contribution in [0.25, 0.3) is 0 Å². The number of hydrogen-bond donors (Lipinski definition) is 0. The first kappa shape index (κ1) is 16.3. The topological polar surface area (TPSA) is 55.8 Å². The molecule has 0 saturated carbocycles. The lowest BCUT2D eigenvalue weighted by molar-refractivity contribution is -0.181. The molecule has 0 spiro atoms. The van der Waals surface area contributed by atoms with Crippen molar-refractivity contribution in [3.05, 3.63) is 29.8 Å². The van der Waals surface area contributed by atoms with Gasteiger partial charge in [0.1, 0.15) is 11.3 Å². The Morgan fingerprint density at radius 3 is 2.36 bits per heavy atom. The van der Waals surface area contributed by atoms with Gasteiger partial charge in [-0.15, -0.1) is 0 Å². The van der Waals surface area contributed by atoms with E-state index >= 15 is 0 Å². The monoisotopic (exact) mass is 305 g/mol. The molecule has 1 amide bonds. The molecule has 1 aromatic rings. The molecule has 0 aromatic heterocycles. The summed E-state index contributed by atoms with van der Waals surface area (Å²) in [4.78, 5) is 26.0. The maximum absolute atomic E-state index is 12.3. The van der Waals surface area contributed by atoms with E-state index in [0.29, 0.717) is 18.9 Å². The van der Waals surface area contributed by atoms with Gasteiger partial charge in [-0.2, -0.15) is 0 Å². The third-order valence-electron chi connectivity index (χ3n) is 4.07. The average molecular weight is 305 g/mol. The van der Waals surface area contributed by atoms with E-state index in [-0.39, 0.29) is 18.3 Å². The minimum atomic E-state index is -0.820. The molecule has 1 saturated heterocycles. The molecule has 120 valence electrons. The highest BCUT2D eigenvalue weighted by Crippen LogP contribution is 2.40. The first-order valence-electron chi connectivity index (χ1n) is 7.44. The first-order chi connectivity index (χ1) is 10.4. The van der Waals surface area contributed by atoms with Gasteiger partial charge >= 0.3 is 5.97 Å². The zero-order valence-electron chi connectivity index (χ0n) is 13.6. The van der Waals surface area contributed by atoms with Crippen molar-refractivity contribution >= 4 is 11.9 Å². The first-order valence-corrected chi connectivity index (χ1v) is 7.44. The van der Waals surface area contributed by atoms with Crippen LogP contribution in [0.5, 0.6) is 5.75 Å². The SMILES string of the molecule is COC(=O)[C@]1(CC(C)C)CC(=O)N1Cc1ccc(OC)cc1. The van der Waals surface area contributed by atoms with Gasteiger partial charge in [-0.25, -0.2) is 4.79 Å². The molecule has 0 unspecified atom stereocenters. The number of β-lactam (4-membered cyclic amide) rings is 1. The van der Waals surface area contributed by atoms with E-state index in [0.717, 1.165) is 11.3 Å². The van der Waals surface area contributed by atoms with Crippen LogP contribution < -0.4 is 4.74 Å². The molecule has 0 radical (unpaired) electrons. The molecule has 1 atom stereocenters. The number of benzene rings is 1. The van der Waals surface area contributed by atoms with Gasteiger partial charge in [0.25, 0.3) is 0 Å². The summed E-state index contributed by atoms with van der Waals surface area (Å²) in [5.74, 6) is 0.724. The maximum atomic E-state index is 12.3. The summed E-state index contributed by atoms with van der Waals surface area (Å²) in [6, 6.07) is 7.51. The molecular weight excluding hydrogens is 282 g/mol. The second-order valence-electron chi connectivity index (χ2n) is 6.13. The Bertz CT molecular complexity index is 552. The third-order valence-corrected chi connectivity index (χ3v) is 4.07. The van der Waals surface area contributed by atoms with Crippen LogP contribution in [0, 0.1) is 5.92 Å². The van der Waals surface area contributed by atoms with Gasteiger partial charge in [0.15, 0.2) is 0 Å². The van der Waals surface area contributed by atoms with Gasteiger partial charge < -0.3 is 14.4 Å². The molecule has 1 aliphatic heterocycles. The van der Waals surface area contributed by atoms with Gasteiger partial charge in [-0.3, -0.25) is 4.79 Å². The van der Waals surface area contributed by atoms with E-state index in [9.17, 15) is 9.59 Å². The smallest absolute Gasteiger partial charge is 0.332 e. The highest BCUT2D eigenvalue weighted by Gasteiger charge is 2.57. The molecule has 1 heterocycles. The number of rotatable bonds is 6. The summed E-state index contributed by atoms with van der Waals surface area (Å²) in [7, 11) is 2.98. The molecule has 1 fully saturated rings. The van der Waals surface area contributed by atoms with Gasteiger partial charge in [0.2, 0.25) is 5.91 Å². The Kier molecular flexibility index (Phi) is 4.74. The number of carbonyl (C=O) groups excluding carboxylic acids is 2. The minimum Gasteiger partial charge on any atom is -0.497 e. The number of carbonyl (C=O) groups is 2. The van der Waals surface area contributed by atoms with Crippen molar-refractivity contribution in [1.29, 1.82) is 0 Å². The van der Waals surface area contributed by atoms with Gasteiger partial charge in [0.05, 0.1) is 20.6 Å². The summed E-state index contributed by atoms with van der Waals surface area (Å²) in [6.07, 6.45) is 0.843. The zero-order chi connectivity index (χ0) is 16.3. The normalized spacial score (nSPS) is 20.8. The van der Waals surface area contributed by atoms with Crippen LogP contribution in [0.1, 0.15) is 32.3 Å². The fraction of sp³-hybridized carbons (Fsp3) is 0.529. The van der Waals surface area contributed by atoms with E-state index in [1.165, 1.54) is 7.11 Å². The van der Waals surface area contributed by atoms with Crippen LogP contribution in [-0.2, 0) is 20.9 Å². The number of likely N-dealkylation sites (tertiary alicyclic amines) is 1. The van der Waals surface area contributed by atoms with Crippen LogP contribution in [0.4, 0.5) is 0 Å². The zero-order valence-corrected chi connectivity index (χ0v) is 13.6. The Hall–Kier alpha value is -2.04. The van der Waals surface area contributed by atoms with Crippen LogP contribution in [0.15, 0.2) is 24.3 Å². The van der Waals surface area contributed by atoms with Crippen molar-refractivity contribution in [1.82, 2.24) is 4.90 Å². The molecule has 0 aliphatic carbocycles. The lowest BCUT2D eigenvalue weighted by Gasteiger charge is -2.50. The lowest BCUT2D eigenvalue weighted by atomic mass is 9.77. The molecule has 2 rings (SSSR count). The summed E-state index contributed by atoms with van der Waals surface area (Å²) < 4.78 is 10.1. The quantitative estimate of drug-likeness (QED) is 0.598. The van der Waals surface area contributed by atoms with E-state index in [1.54, 1.807) is 12.0 Å². The molecule has 22 heavy (non-hydrogen) atoms. The second-order valence-corrected chi connectivity index (χ2v) is 6.13. The third kappa shape index (κ3) is 2.93. The molecule has 5 nitrogen and oxygen atoms in total. The van der Waals surface area contributed by atoms with E-state index < -0.39 is 5.54 Å². The number of esters is 1. The van der Waals surface area contributed by atoms with Gasteiger partial charge in [-0.1, -0.05) is 26.0 Å². The number of amides is 1. The van der Waals surface area contributed by atoms with Gasteiger partial charge in [0, 0.05) is 6.54 Å². The fourth-order valence-corrected chi connectivity index (χ4v) is 3.05. The Labute approximate surface area is 131 Å². The van der Waals surface area contributed by atoms with Crippen molar-refractivity contribution < 1.29 is 19.1 Å². The molecule has 1 aliphatic rings. The highest BCUT2D eigenvalue weighted by molar-refractivity contribution is 5.99. The van der Waals surface area contributed by atoms with Crippen LogP contribution in [-0.4, -0.2) is 36.5 Å². The number of methoxy groups -OCH3 is 2. The van der Waals surface area contributed by atoms with Crippen molar-refractivity contribution in [2.75, 3.05) is 14.2 Å². The van der Waals surface area contributed by atoms with Crippen molar-refractivity contribution in [3.8, 4) is 5.75 Å². The van der Waals surface area contributed by atoms with Crippen molar-refractivity contribution in [2.45, 2.75) is 38.8 Å². The molecular formula is C17H23NO4. The van der Waals surface area contributed by atoms with Crippen molar-refractivity contribution in [2.24, 2.45) is 5.92 Å². The number of hydrogen-bond acceptors (Lipinski definition) is 4. The summed E-state index contributed by atoms with van der Waals surface area (Å²) in [6.45, 7) is 4.49. The number of nitrogens with zero attached hydrogens (tertiary/aromatic N) is 1. The highest BCUT2D eigenvalue weighted by atomic mass is 16.5. The molecule has 0 N–H and O–H groups in total. The van der Waals surface area contributed by atoms with Crippen LogP contribution >= 0.6 is 0 Å². The Morgan fingerprint density at radius 1 is 1.27 bits per heavy atom. The standard InChI is InChI=1S/C17H23NO4/c1-12(2)9-17(16(20)22-4)10-15(19)18(17)11-13-5-7-14(21-3)8-6-13/h5-8,12H,9-11H2,1-4H3/t17-/m0/s1. The Morgan fingerprint density at radius 2 is 1.91 bits per heavy atom. The fourth-order valence-electron chi connectivity index (χ4n) is 3.05. The second kappa shape index (κ2) is 6.38. The van der Waals surface area contributed by atoms with Crippen LogP contribution in [0.3, 0.4) is 0 Å². The summed E-state index contributed by atoms with van der Waals surface area (Å²) >= 11 is 0. The van der Waals surface area contributed by atoms with Gasteiger partial charge in [-0.05, 0) is 30.0 Å². The lowest BCUT2D eigenvalue weighted by Crippen LogP contribution is -2.68. The summed E-state index contributed by atoms with van der Waals surface area (Å²) in [5.41, 5.74) is 0.144. The average Bonchev–Trinajstić information content (AvgIpc) is 2.51. The Balaban J connectivity index is 2.21. The summed E-state index contributed by atoms with van der Waals surface area (Å²) in [5, 5.41) is 0. The van der Waals surface area contributed by atoms with Crippen LogP contribution in [0.2, 0.25) is 0 Å². The molecule has 0 bridgehead atoms. The van der Waals surface area contributed by atoms with E-state index in [1.807, 2.05) is 38.1 Å². The van der Waals surface area contributed by atoms with Crippen molar-refractivity contribution in [3.63, 3.8) is 0 Å².